The molecule has 0 amide bonds. The molecule has 1 atom stereocenters. The molecule has 1 unspecified atom stereocenters. The predicted octanol–water partition coefficient (Wildman–Crippen LogP) is 7.75. The Morgan fingerprint density at radius 1 is 1.11 bits per heavy atom. The molecule has 4 rings (SSSR count). The molecule has 1 aromatic heterocycles. The Hall–Kier alpha value is -3.28. The minimum atomic E-state index is -0.945. The number of rotatable bonds is 7. The SMILES string of the molecule is CC.COc1ccc(-c2ccc(/C=C/c3nc(C4=CCCC(Cl)C=C4Cl)cn3CC(=O)O)cc2)cc1. The number of aliphatic carboxylic acids is 1. The van der Waals surface area contributed by atoms with Crippen molar-refractivity contribution in [3.8, 4) is 16.9 Å². The first-order valence-corrected chi connectivity index (χ1v) is 12.7. The second-order valence-electron chi connectivity index (χ2n) is 7.92. The molecule has 3 aromatic rings. The molecule has 7 heteroatoms. The number of nitrogens with zero attached hydrogens (tertiary/aromatic N) is 2. The van der Waals surface area contributed by atoms with Crippen LogP contribution in [0.3, 0.4) is 0 Å². The van der Waals surface area contributed by atoms with Crippen LogP contribution in [-0.4, -0.2) is 33.1 Å². The van der Waals surface area contributed by atoms with Gasteiger partial charge in [-0.2, -0.15) is 0 Å². The zero-order valence-electron chi connectivity index (χ0n) is 20.6. The summed E-state index contributed by atoms with van der Waals surface area (Å²) in [6.07, 6.45) is 10.8. The zero-order valence-corrected chi connectivity index (χ0v) is 22.1. The van der Waals surface area contributed by atoms with Crippen molar-refractivity contribution in [2.45, 2.75) is 38.6 Å². The molecule has 188 valence electrons. The van der Waals surface area contributed by atoms with Gasteiger partial charge in [-0.15, -0.1) is 11.6 Å². The minimum Gasteiger partial charge on any atom is -0.497 e. The standard InChI is InChI=1S/C27H24Cl2N2O3.C2H6/c1-34-22-12-10-20(11-13-22)19-8-5-18(6-9-19)7-14-26-30-25(16-31(26)17-27(32)33)23-4-2-3-21(28)15-24(23)29;1-2/h4-16,21H,2-3,17H2,1H3,(H,32,33);1-2H3/b14-7+;. The number of alkyl halides is 1. The van der Waals surface area contributed by atoms with E-state index in [0.717, 1.165) is 40.9 Å². The maximum Gasteiger partial charge on any atom is 0.323 e. The highest BCUT2D eigenvalue weighted by Crippen LogP contribution is 2.31. The van der Waals surface area contributed by atoms with Gasteiger partial charge < -0.3 is 14.4 Å². The lowest BCUT2D eigenvalue weighted by atomic mass is 10.0. The van der Waals surface area contributed by atoms with E-state index in [1.165, 1.54) is 0 Å². The lowest BCUT2D eigenvalue weighted by Gasteiger charge is -2.04. The highest BCUT2D eigenvalue weighted by Gasteiger charge is 2.17. The molecule has 1 aliphatic rings. The van der Waals surface area contributed by atoms with Crippen LogP contribution in [0.4, 0.5) is 0 Å². The average molecular weight is 525 g/mol. The van der Waals surface area contributed by atoms with Crippen LogP contribution < -0.4 is 4.74 Å². The summed E-state index contributed by atoms with van der Waals surface area (Å²) in [5, 5.41) is 9.74. The molecule has 2 aromatic carbocycles. The van der Waals surface area contributed by atoms with E-state index in [2.05, 4.69) is 4.98 Å². The van der Waals surface area contributed by atoms with Crippen molar-refractivity contribution in [2.24, 2.45) is 0 Å². The predicted molar refractivity (Wildman–Crippen MR) is 149 cm³/mol. The van der Waals surface area contributed by atoms with Gasteiger partial charge in [-0.05, 0) is 53.8 Å². The quantitative estimate of drug-likeness (QED) is 0.321. The van der Waals surface area contributed by atoms with Gasteiger partial charge in [0.05, 0.1) is 18.2 Å². The first-order valence-electron chi connectivity index (χ1n) is 11.9. The summed E-state index contributed by atoms with van der Waals surface area (Å²) in [4.78, 5) is 16.1. The van der Waals surface area contributed by atoms with Gasteiger partial charge in [0.25, 0.3) is 0 Å². The van der Waals surface area contributed by atoms with E-state index in [9.17, 15) is 9.90 Å². The number of aromatic nitrogens is 2. The number of carboxylic acids is 1. The Kier molecular flexibility index (Phi) is 9.97. The number of hydrogen-bond acceptors (Lipinski definition) is 3. The summed E-state index contributed by atoms with van der Waals surface area (Å²) < 4.78 is 6.82. The second kappa shape index (κ2) is 13.1. The Labute approximate surface area is 222 Å². The molecule has 5 nitrogen and oxygen atoms in total. The van der Waals surface area contributed by atoms with Crippen molar-refractivity contribution >= 4 is 46.9 Å². The van der Waals surface area contributed by atoms with Crippen molar-refractivity contribution in [1.82, 2.24) is 9.55 Å². The van der Waals surface area contributed by atoms with Crippen LogP contribution in [-0.2, 0) is 11.3 Å². The lowest BCUT2D eigenvalue weighted by molar-refractivity contribution is -0.137. The van der Waals surface area contributed by atoms with Gasteiger partial charge in [0.15, 0.2) is 0 Å². The van der Waals surface area contributed by atoms with Gasteiger partial charge in [0.1, 0.15) is 18.1 Å². The van der Waals surface area contributed by atoms with Gasteiger partial charge >= 0.3 is 5.97 Å². The van der Waals surface area contributed by atoms with Crippen molar-refractivity contribution in [1.29, 1.82) is 0 Å². The fourth-order valence-corrected chi connectivity index (χ4v) is 4.39. The minimum absolute atomic E-state index is 0.136. The van der Waals surface area contributed by atoms with Gasteiger partial charge in [-0.1, -0.05) is 74.0 Å². The summed E-state index contributed by atoms with van der Waals surface area (Å²) in [6, 6.07) is 16.0. The van der Waals surface area contributed by atoms with Crippen molar-refractivity contribution in [2.75, 3.05) is 7.11 Å². The summed E-state index contributed by atoms with van der Waals surface area (Å²) in [7, 11) is 1.65. The van der Waals surface area contributed by atoms with E-state index < -0.39 is 5.97 Å². The van der Waals surface area contributed by atoms with Crippen molar-refractivity contribution in [3.05, 3.63) is 89.0 Å². The molecule has 1 aliphatic carbocycles. The Morgan fingerprint density at radius 2 is 1.75 bits per heavy atom. The van der Waals surface area contributed by atoms with Crippen LogP contribution in [0.2, 0.25) is 0 Å². The van der Waals surface area contributed by atoms with E-state index in [1.807, 2.05) is 80.6 Å². The van der Waals surface area contributed by atoms with E-state index in [-0.39, 0.29) is 11.9 Å². The summed E-state index contributed by atoms with van der Waals surface area (Å²) in [5.74, 6) is 0.409. The molecular weight excluding hydrogens is 495 g/mol. The molecule has 0 spiro atoms. The van der Waals surface area contributed by atoms with Crippen LogP contribution in [0.15, 0.2) is 71.9 Å². The number of methoxy groups -OCH3 is 1. The monoisotopic (exact) mass is 524 g/mol. The van der Waals surface area contributed by atoms with E-state index in [1.54, 1.807) is 23.9 Å². The number of benzene rings is 2. The Balaban J connectivity index is 0.00000176. The fourth-order valence-electron chi connectivity index (χ4n) is 3.75. The number of ether oxygens (including phenoxy) is 1. The highest BCUT2D eigenvalue weighted by atomic mass is 35.5. The third-order valence-corrected chi connectivity index (χ3v) is 6.20. The van der Waals surface area contributed by atoms with Gasteiger partial charge in [0.2, 0.25) is 0 Å². The Bertz CT molecular complexity index is 1260. The van der Waals surface area contributed by atoms with E-state index >= 15 is 0 Å². The Morgan fingerprint density at radius 3 is 2.36 bits per heavy atom. The number of imidazole rings is 1. The fraction of sp³-hybridized carbons (Fsp3) is 0.241. The number of carboxylic acid groups (broad SMARTS) is 1. The van der Waals surface area contributed by atoms with Crippen LogP contribution in [0.1, 0.15) is 43.8 Å². The molecule has 0 radical (unpaired) electrons. The van der Waals surface area contributed by atoms with Crippen molar-refractivity contribution < 1.29 is 14.6 Å². The summed E-state index contributed by atoms with van der Waals surface area (Å²) >= 11 is 12.7. The number of halogens is 2. The normalized spacial score (nSPS) is 15.4. The van der Waals surface area contributed by atoms with Gasteiger partial charge in [0, 0.05) is 16.8 Å². The molecule has 1 N–H and O–H groups in total. The van der Waals surface area contributed by atoms with E-state index in [0.29, 0.717) is 16.6 Å². The maximum atomic E-state index is 11.4. The highest BCUT2D eigenvalue weighted by molar-refractivity contribution is 6.37. The number of hydrogen-bond donors (Lipinski definition) is 1. The first kappa shape index (κ1) is 27.3. The molecule has 1 heterocycles. The summed E-state index contributed by atoms with van der Waals surface area (Å²) in [6.45, 7) is 3.80. The van der Waals surface area contributed by atoms with Gasteiger partial charge in [-0.3, -0.25) is 4.79 Å². The summed E-state index contributed by atoms with van der Waals surface area (Å²) in [5.41, 5.74) is 4.56. The third-order valence-electron chi connectivity index (χ3n) is 5.52. The number of allylic oxidation sites excluding steroid dienone is 4. The molecule has 36 heavy (non-hydrogen) atoms. The smallest absolute Gasteiger partial charge is 0.323 e. The molecule has 0 fully saturated rings. The maximum absolute atomic E-state index is 11.4. The van der Waals surface area contributed by atoms with Gasteiger partial charge in [-0.25, -0.2) is 4.98 Å². The lowest BCUT2D eigenvalue weighted by Crippen LogP contribution is -2.09. The first-order chi connectivity index (χ1) is 17.4. The molecule has 0 saturated carbocycles. The van der Waals surface area contributed by atoms with Crippen LogP contribution in [0.5, 0.6) is 5.75 Å². The average Bonchev–Trinajstić information content (AvgIpc) is 3.19. The zero-order chi connectivity index (χ0) is 26.1. The second-order valence-corrected chi connectivity index (χ2v) is 8.88. The van der Waals surface area contributed by atoms with Crippen LogP contribution in [0, 0.1) is 0 Å². The molecule has 0 aliphatic heterocycles. The van der Waals surface area contributed by atoms with Crippen molar-refractivity contribution in [3.63, 3.8) is 0 Å². The molecular formula is C29H30Cl2N2O3. The largest absolute Gasteiger partial charge is 0.497 e. The molecule has 0 bridgehead atoms. The number of carbonyl (C=O) groups is 1. The van der Waals surface area contributed by atoms with Crippen LogP contribution >= 0.6 is 23.2 Å². The molecule has 0 saturated heterocycles. The van der Waals surface area contributed by atoms with E-state index in [4.69, 9.17) is 27.9 Å². The van der Waals surface area contributed by atoms with Crippen LogP contribution in [0.25, 0.3) is 28.9 Å². The topological polar surface area (TPSA) is 64.4 Å². The third kappa shape index (κ3) is 7.12.